The van der Waals surface area contributed by atoms with Crippen molar-refractivity contribution in [3.63, 3.8) is 0 Å². The van der Waals surface area contributed by atoms with Gasteiger partial charge in [0.25, 0.3) is 0 Å². The van der Waals surface area contributed by atoms with Crippen LogP contribution in [0.25, 0.3) is 0 Å². The summed E-state index contributed by atoms with van der Waals surface area (Å²) in [6.07, 6.45) is 0. The summed E-state index contributed by atoms with van der Waals surface area (Å²) in [5, 5.41) is 3.39. The van der Waals surface area contributed by atoms with Crippen LogP contribution in [0.5, 0.6) is 0 Å². The number of anilines is 1. The largest absolute Gasteiger partial charge is 0.377 e. The Morgan fingerprint density at radius 3 is 2.47 bits per heavy atom. The van der Waals surface area contributed by atoms with Crippen LogP contribution in [0.1, 0.15) is 32.4 Å². The first kappa shape index (κ1) is 15.5. The Labute approximate surface area is 116 Å². The average Bonchev–Trinajstić information content (AvgIpc) is 2.35. The predicted octanol–water partition coefficient (Wildman–Crippen LogP) is 1.91. The maximum absolute atomic E-state index is 11.3. The summed E-state index contributed by atoms with van der Waals surface area (Å²) in [6, 6.07) is 8.41. The lowest BCUT2D eigenvalue weighted by molar-refractivity contribution is -0.125. The maximum Gasteiger partial charge on any atom is 0.224 e. The first-order valence-electron chi connectivity index (χ1n) is 6.55. The number of hydrogen-bond donors (Lipinski definition) is 2. The number of nitrogens with zero attached hydrogens (tertiary/aromatic N) is 1. The van der Waals surface area contributed by atoms with Crippen LogP contribution in [0.3, 0.4) is 0 Å². The molecule has 0 aliphatic heterocycles. The fourth-order valence-corrected chi connectivity index (χ4v) is 1.87. The molecule has 0 aliphatic rings. The molecule has 0 spiro atoms. The summed E-state index contributed by atoms with van der Waals surface area (Å²) in [4.78, 5) is 13.4. The van der Waals surface area contributed by atoms with Crippen molar-refractivity contribution < 1.29 is 4.79 Å². The normalized spacial score (nSPS) is 13.1. The highest BCUT2D eigenvalue weighted by atomic mass is 16.1. The van der Waals surface area contributed by atoms with Gasteiger partial charge in [0.05, 0.1) is 5.41 Å². The molecule has 0 saturated heterocycles. The first-order valence-corrected chi connectivity index (χ1v) is 6.55. The second-order valence-corrected chi connectivity index (χ2v) is 5.80. The fraction of sp³-hybridized carbons (Fsp3) is 0.533. The molecular formula is C15H25N3O. The van der Waals surface area contributed by atoms with E-state index in [1.165, 1.54) is 11.3 Å². The predicted molar refractivity (Wildman–Crippen MR) is 80.2 cm³/mol. The Kier molecular flexibility index (Phi) is 4.95. The molecule has 0 heterocycles. The van der Waals surface area contributed by atoms with Gasteiger partial charge in [0, 0.05) is 32.4 Å². The minimum Gasteiger partial charge on any atom is -0.377 e. The van der Waals surface area contributed by atoms with Crippen molar-refractivity contribution >= 4 is 11.6 Å². The number of carbonyl (C=O) groups excluding carboxylic acids is 1. The Hall–Kier alpha value is -1.55. The molecule has 1 amide bonds. The van der Waals surface area contributed by atoms with Crippen LogP contribution in [0, 0.1) is 5.41 Å². The monoisotopic (exact) mass is 263 g/mol. The van der Waals surface area contributed by atoms with E-state index in [4.69, 9.17) is 5.73 Å². The van der Waals surface area contributed by atoms with Gasteiger partial charge in [0.1, 0.15) is 0 Å². The summed E-state index contributed by atoms with van der Waals surface area (Å²) in [7, 11) is 4.05. The summed E-state index contributed by atoms with van der Waals surface area (Å²) >= 11 is 0. The molecule has 0 aromatic heterocycles. The Morgan fingerprint density at radius 1 is 1.37 bits per heavy atom. The molecule has 0 fully saturated rings. The van der Waals surface area contributed by atoms with Gasteiger partial charge in [-0.05, 0) is 32.4 Å². The zero-order valence-corrected chi connectivity index (χ0v) is 12.5. The van der Waals surface area contributed by atoms with Crippen LogP contribution in [0.2, 0.25) is 0 Å². The third kappa shape index (κ3) is 3.96. The number of nitrogens with two attached hydrogens (primary N) is 1. The molecule has 1 aromatic carbocycles. The van der Waals surface area contributed by atoms with Gasteiger partial charge >= 0.3 is 0 Å². The highest BCUT2D eigenvalue weighted by Gasteiger charge is 2.25. The fourth-order valence-electron chi connectivity index (χ4n) is 1.87. The number of para-hydroxylation sites is 1. The molecule has 1 rings (SSSR count). The van der Waals surface area contributed by atoms with E-state index in [1.807, 2.05) is 40.1 Å². The van der Waals surface area contributed by atoms with Crippen LogP contribution in [-0.2, 0) is 4.79 Å². The number of hydrogen-bond acceptors (Lipinski definition) is 3. The number of carbonyl (C=O) groups is 1. The van der Waals surface area contributed by atoms with Gasteiger partial charge < -0.3 is 16.0 Å². The van der Waals surface area contributed by atoms with Crippen LogP contribution in [0.4, 0.5) is 5.69 Å². The SMILES string of the molecule is CC(NCC(C)(C)C(N)=O)c1ccccc1N(C)C. The molecule has 4 nitrogen and oxygen atoms in total. The standard InChI is InChI=1S/C15H25N3O/c1-11(17-10-15(2,3)14(16)19)12-8-6-7-9-13(12)18(4)5/h6-9,11,17H,10H2,1-5H3,(H2,16,19). The molecule has 3 N–H and O–H groups in total. The van der Waals surface area contributed by atoms with Crippen LogP contribution in [0.15, 0.2) is 24.3 Å². The van der Waals surface area contributed by atoms with Gasteiger partial charge in [0.2, 0.25) is 5.91 Å². The van der Waals surface area contributed by atoms with Crippen molar-refractivity contribution in [2.75, 3.05) is 25.5 Å². The van der Waals surface area contributed by atoms with E-state index in [-0.39, 0.29) is 11.9 Å². The highest BCUT2D eigenvalue weighted by Crippen LogP contribution is 2.25. The van der Waals surface area contributed by atoms with Crippen LogP contribution < -0.4 is 16.0 Å². The van der Waals surface area contributed by atoms with E-state index >= 15 is 0 Å². The molecule has 19 heavy (non-hydrogen) atoms. The summed E-state index contributed by atoms with van der Waals surface area (Å²) in [5.41, 5.74) is 7.24. The zero-order valence-electron chi connectivity index (χ0n) is 12.5. The molecule has 1 unspecified atom stereocenters. The Bertz CT molecular complexity index is 441. The van der Waals surface area contributed by atoms with Crippen molar-refractivity contribution in [3.8, 4) is 0 Å². The average molecular weight is 263 g/mol. The summed E-state index contributed by atoms with van der Waals surface area (Å²) < 4.78 is 0. The van der Waals surface area contributed by atoms with E-state index in [0.717, 1.165) is 0 Å². The lowest BCUT2D eigenvalue weighted by atomic mass is 9.92. The van der Waals surface area contributed by atoms with Gasteiger partial charge in [-0.2, -0.15) is 0 Å². The third-order valence-corrected chi connectivity index (χ3v) is 3.40. The van der Waals surface area contributed by atoms with E-state index in [2.05, 4.69) is 29.3 Å². The minimum atomic E-state index is -0.540. The zero-order chi connectivity index (χ0) is 14.6. The van der Waals surface area contributed by atoms with Crippen molar-refractivity contribution in [2.45, 2.75) is 26.8 Å². The van der Waals surface area contributed by atoms with Gasteiger partial charge in [-0.1, -0.05) is 18.2 Å². The first-order chi connectivity index (χ1) is 8.75. The molecular weight excluding hydrogens is 238 g/mol. The number of amides is 1. The Morgan fingerprint density at radius 2 is 1.95 bits per heavy atom. The van der Waals surface area contributed by atoms with Crippen molar-refractivity contribution in [1.82, 2.24) is 5.32 Å². The number of benzene rings is 1. The minimum absolute atomic E-state index is 0.164. The molecule has 0 saturated carbocycles. The number of primary amides is 1. The number of nitrogens with one attached hydrogen (secondary N) is 1. The molecule has 0 radical (unpaired) electrons. The quantitative estimate of drug-likeness (QED) is 0.824. The summed E-state index contributed by atoms with van der Waals surface area (Å²) in [6.45, 7) is 6.37. The lowest BCUT2D eigenvalue weighted by Gasteiger charge is -2.26. The smallest absolute Gasteiger partial charge is 0.224 e. The second kappa shape index (κ2) is 6.06. The van der Waals surface area contributed by atoms with Crippen molar-refractivity contribution in [3.05, 3.63) is 29.8 Å². The highest BCUT2D eigenvalue weighted by molar-refractivity contribution is 5.80. The number of rotatable bonds is 6. The molecule has 1 aromatic rings. The van der Waals surface area contributed by atoms with Gasteiger partial charge in [-0.15, -0.1) is 0 Å². The van der Waals surface area contributed by atoms with E-state index in [1.54, 1.807) is 0 Å². The Balaban J connectivity index is 2.79. The topological polar surface area (TPSA) is 58.4 Å². The second-order valence-electron chi connectivity index (χ2n) is 5.80. The van der Waals surface area contributed by atoms with E-state index in [0.29, 0.717) is 6.54 Å². The molecule has 0 aliphatic carbocycles. The van der Waals surface area contributed by atoms with Crippen LogP contribution >= 0.6 is 0 Å². The van der Waals surface area contributed by atoms with Crippen molar-refractivity contribution in [1.29, 1.82) is 0 Å². The summed E-state index contributed by atoms with van der Waals surface area (Å²) in [5.74, 6) is -0.284. The van der Waals surface area contributed by atoms with Gasteiger partial charge in [-0.25, -0.2) is 0 Å². The maximum atomic E-state index is 11.3. The molecule has 0 bridgehead atoms. The van der Waals surface area contributed by atoms with Gasteiger partial charge in [0.15, 0.2) is 0 Å². The molecule has 4 heteroatoms. The van der Waals surface area contributed by atoms with E-state index < -0.39 is 5.41 Å². The molecule has 1 atom stereocenters. The lowest BCUT2D eigenvalue weighted by Crippen LogP contribution is -2.41. The van der Waals surface area contributed by atoms with Crippen molar-refractivity contribution in [2.24, 2.45) is 11.1 Å². The third-order valence-electron chi connectivity index (χ3n) is 3.40. The molecule has 106 valence electrons. The van der Waals surface area contributed by atoms with E-state index in [9.17, 15) is 4.79 Å². The van der Waals surface area contributed by atoms with Gasteiger partial charge in [-0.3, -0.25) is 4.79 Å². The van der Waals surface area contributed by atoms with Crippen LogP contribution in [-0.4, -0.2) is 26.5 Å².